The summed E-state index contributed by atoms with van der Waals surface area (Å²) in [4.78, 5) is 25.0. The van der Waals surface area contributed by atoms with E-state index in [4.69, 9.17) is 10.2 Å². The minimum atomic E-state index is -0.390. The van der Waals surface area contributed by atoms with Crippen molar-refractivity contribution >= 4 is 23.6 Å². The molecule has 2 amide bonds. The Kier molecular flexibility index (Phi) is 5.33. The summed E-state index contributed by atoms with van der Waals surface area (Å²) in [7, 11) is 0. The summed E-state index contributed by atoms with van der Waals surface area (Å²) < 4.78 is 5.72. The average molecular weight is 310 g/mol. The summed E-state index contributed by atoms with van der Waals surface area (Å²) in [6.45, 7) is 4.85. The first-order chi connectivity index (χ1) is 9.97. The van der Waals surface area contributed by atoms with Gasteiger partial charge in [0, 0.05) is 6.54 Å². The first-order valence-corrected chi connectivity index (χ1v) is 8.34. The summed E-state index contributed by atoms with van der Waals surface area (Å²) in [5.41, 5.74) is 5.10. The van der Waals surface area contributed by atoms with Crippen LogP contribution >= 0.6 is 11.8 Å². The van der Waals surface area contributed by atoms with E-state index in [0.717, 1.165) is 30.9 Å². The molecule has 6 heteroatoms. The van der Waals surface area contributed by atoms with Gasteiger partial charge in [-0.05, 0) is 37.8 Å². The zero-order valence-corrected chi connectivity index (χ0v) is 13.3. The highest BCUT2D eigenvalue weighted by atomic mass is 32.2. The molecular weight excluding hydrogens is 288 g/mol. The van der Waals surface area contributed by atoms with Gasteiger partial charge in [-0.2, -0.15) is 0 Å². The third kappa shape index (κ3) is 4.27. The van der Waals surface area contributed by atoms with Crippen molar-refractivity contribution in [2.75, 3.05) is 18.1 Å². The molecule has 1 aromatic heterocycles. The highest BCUT2D eigenvalue weighted by Crippen LogP contribution is 2.35. The Morgan fingerprint density at radius 1 is 1.43 bits per heavy atom. The molecule has 0 radical (unpaired) electrons. The van der Waals surface area contributed by atoms with Gasteiger partial charge >= 0.3 is 0 Å². The Bertz CT molecular complexity index is 515. The van der Waals surface area contributed by atoms with Crippen molar-refractivity contribution in [3.63, 3.8) is 0 Å². The topological polar surface area (TPSA) is 76.5 Å². The van der Waals surface area contributed by atoms with Gasteiger partial charge in [-0.15, -0.1) is 11.8 Å². The molecule has 0 spiro atoms. The van der Waals surface area contributed by atoms with Crippen molar-refractivity contribution in [3.8, 4) is 0 Å². The summed E-state index contributed by atoms with van der Waals surface area (Å²) in [6.07, 6.45) is 1.92. The Balaban J connectivity index is 2.04. The van der Waals surface area contributed by atoms with E-state index in [2.05, 4.69) is 6.92 Å². The number of thioether (sulfide) groups is 1. The van der Waals surface area contributed by atoms with Gasteiger partial charge in [-0.25, -0.2) is 0 Å². The molecule has 1 fully saturated rings. The van der Waals surface area contributed by atoms with Crippen LogP contribution in [0.2, 0.25) is 0 Å². The molecule has 0 aromatic carbocycles. The zero-order chi connectivity index (χ0) is 15.4. The van der Waals surface area contributed by atoms with E-state index < -0.39 is 5.91 Å². The Hall–Kier alpha value is -1.43. The molecule has 116 valence electrons. The Labute approximate surface area is 129 Å². The molecule has 0 bridgehead atoms. The number of nitrogens with zero attached hydrogens (tertiary/aromatic N) is 1. The van der Waals surface area contributed by atoms with Crippen LogP contribution in [0.4, 0.5) is 0 Å². The number of hydrogen-bond acceptors (Lipinski definition) is 4. The van der Waals surface area contributed by atoms with Crippen molar-refractivity contribution < 1.29 is 14.0 Å². The third-order valence-electron chi connectivity index (χ3n) is 3.74. The van der Waals surface area contributed by atoms with Crippen LogP contribution in [-0.4, -0.2) is 34.8 Å². The fraction of sp³-hybridized carbons (Fsp3) is 0.600. The monoisotopic (exact) mass is 310 g/mol. The molecule has 2 rings (SSSR count). The van der Waals surface area contributed by atoms with Gasteiger partial charge in [0.25, 0.3) is 0 Å². The largest absolute Gasteiger partial charge is 0.464 e. The fourth-order valence-electron chi connectivity index (χ4n) is 2.66. The van der Waals surface area contributed by atoms with Crippen molar-refractivity contribution in [1.82, 2.24) is 4.90 Å². The van der Waals surface area contributed by atoms with Gasteiger partial charge in [-0.1, -0.05) is 6.92 Å². The second-order valence-corrected chi connectivity index (χ2v) is 6.63. The molecule has 2 heterocycles. The summed E-state index contributed by atoms with van der Waals surface area (Å²) >= 11 is 1.27. The normalized spacial score (nSPS) is 22.3. The number of hydrogen-bond donors (Lipinski definition) is 1. The molecular formula is C15H22N2O3S. The standard InChI is InChI=1S/C15H22N2O3S/c1-10-5-6-17(15(19)9-21-8-14(16)18)12(7-10)13-4-3-11(2)20-13/h3-4,10,12H,5-9H2,1-2H3,(H2,16,18)/t10-,12+/m1/s1. The molecule has 1 aromatic rings. The summed E-state index contributed by atoms with van der Waals surface area (Å²) in [6, 6.07) is 3.89. The number of likely N-dealkylation sites (tertiary alicyclic amines) is 1. The maximum atomic E-state index is 12.4. The van der Waals surface area contributed by atoms with Gasteiger partial charge < -0.3 is 15.1 Å². The highest BCUT2D eigenvalue weighted by Gasteiger charge is 2.32. The van der Waals surface area contributed by atoms with Gasteiger partial charge in [0.1, 0.15) is 11.5 Å². The third-order valence-corrected chi connectivity index (χ3v) is 4.68. The fourth-order valence-corrected chi connectivity index (χ4v) is 3.31. The van der Waals surface area contributed by atoms with E-state index >= 15 is 0 Å². The molecule has 21 heavy (non-hydrogen) atoms. The number of amides is 2. The number of nitrogens with two attached hydrogens (primary N) is 1. The number of furan rings is 1. The Morgan fingerprint density at radius 2 is 2.19 bits per heavy atom. The molecule has 5 nitrogen and oxygen atoms in total. The molecule has 1 aliphatic rings. The second-order valence-electron chi connectivity index (χ2n) is 5.64. The Morgan fingerprint density at radius 3 is 2.81 bits per heavy atom. The summed E-state index contributed by atoms with van der Waals surface area (Å²) in [5, 5.41) is 0. The van der Waals surface area contributed by atoms with E-state index in [0.29, 0.717) is 5.92 Å². The predicted octanol–water partition coefficient (Wildman–Crippen LogP) is 2.11. The minimum absolute atomic E-state index is 0.00382. The van der Waals surface area contributed by atoms with Crippen LogP contribution in [0.3, 0.4) is 0 Å². The van der Waals surface area contributed by atoms with Crippen LogP contribution in [0.25, 0.3) is 0 Å². The lowest BCUT2D eigenvalue weighted by molar-refractivity contribution is -0.133. The van der Waals surface area contributed by atoms with Crippen molar-refractivity contribution in [1.29, 1.82) is 0 Å². The molecule has 1 saturated heterocycles. The van der Waals surface area contributed by atoms with Crippen molar-refractivity contribution in [2.24, 2.45) is 11.7 Å². The van der Waals surface area contributed by atoms with Gasteiger partial charge in [-0.3, -0.25) is 9.59 Å². The summed E-state index contributed by atoms with van der Waals surface area (Å²) in [5.74, 6) is 2.41. The first-order valence-electron chi connectivity index (χ1n) is 7.19. The van der Waals surface area contributed by atoms with Crippen LogP contribution in [0.15, 0.2) is 16.5 Å². The first kappa shape index (κ1) is 15.9. The van der Waals surface area contributed by atoms with E-state index in [1.54, 1.807) is 0 Å². The quantitative estimate of drug-likeness (QED) is 0.903. The number of rotatable bonds is 5. The smallest absolute Gasteiger partial charge is 0.233 e. The van der Waals surface area contributed by atoms with Gasteiger partial charge in [0.05, 0.1) is 17.5 Å². The van der Waals surface area contributed by atoms with Crippen LogP contribution in [0.5, 0.6) is 0 Å². The predicted molar refractivity (Wildman–Crippen MR) is 82.8 cm³/mol. The maximum Gasteiger partial charge on any atom is 0.233 e. The highest BCUT2D eigenvalue weighted by molar-refractivity contribution is 8.00. The van der Waals surface area contributed by atoms with E-state index in [1.807, 2.05) is 24.0 Å². The van der Waals surface area contributed by atoms with Gasteiger partial charge in [0.2, 0.25) is 11.8 Å². The SMILES string of the molecule is Cc1ccc([C@@H]2C[C@H](C)CCN2C(=O)CSCC(N)=O)o1. The molecule has 2 atom stereocenters. The second kappa shape index (κ2) is 7.02. The minimum Gasteiger partial charge on any atom is -0.464 e. The number of primary amides is 1. The number of carbonyl (C=O) groups is 2. The molecule has 0 aliphatic carbocycles. The van der Waals surface area contributed by atoms with E-state index in [1.165, 1.54) is 11.8 Å². The van der Waals surface area contributed by atoms with Crippen LogP contribution in [0.1, 0.15) is 37.3 Å². The van der Waals surface area contributed by atoms with Crippen molar-refractivity contribution in [3.05, 3.63) is 23.7 Å². The molecule has 2 N–H and O–H groups in total. The lowest BCUT2D eigenvalue weighted by Crippen LogP contribution is -2.41. The molecule has 0 unspecified atom stereocenters. The lowest BCUT2D eigenvalue weighted by Gasteiger charge is -2.37. The lowest BCUT2D eigenvalue weighted by atomic mass is 9.91. The molecule has 0 saturated carbocycles. The maximum absolute atomic E-state index is 12.4. The van der Waals surface area contributed by atoms with E-state index in [-0.39, 0.29) is 23.5 Å². The number of piperidine rings is 1. The number of carbonyl (C=O) groups excluding carboxylic acids is 2. The van der Waals surface area contributed by atoms with Crippen molar-refractivity contribution in [2.45, 2.75) is 32.7 Å². The van der Waals surface area contributed by atoms with Crippen LogP contribution in [0, 0.1) is 12.8 Å². The zero-order valence-electron chi connectivity index (χ0n) is 12.5. The van der Waals surface area contributed by atoms with Gasteiger partial charge in [0.15, 0.2) is 0 Å². The van der Waals surface area contributed by atoms with E-state index in [9.17, 15) is 9.59 Å². The number of aryl methyl sites for hydroxylation is 1. The average Bonchev–Trinajstić information content (AvgIpc) is 2.84. The molecule has 1 aliphatic heterocycles. The van der Waals surface area contributed by atoms with Crippen LogP contribution in [-0.2, 0) is 9.59 Å². The van der Waals surface area contributed by atoms with Crippen LogP contribution < -0.4 is 5.73 Å².